The van der Waals surface area contributed by atoms with E-state index in [1.54, 1.807) is 30.4 Å². The number of hydrogen-bond donors (Lipinski definition) is 2. The number of rotatable bonds is 7. The molecular weight excluding hydrogens is 424 g/mol. The number of nitrogens with zero attached hydrogens (tertiary/aromatic N) is 2. The highest BCUT2D eigenvalue weighted by atomic mass is 32.1. The van der Waals surface area contributed by atoms with Crippen molar-refractivity contribution in [3.05, 3.63) is 70.5 Å². The van der Waals surface area contributed by atoms with Gasteiger partial charge in [0.05, 0.1) is 10.7 Å². The maximum Gasteiger partial charge on any atom is 0.325 e. The summed E-state index contributed by atoms with van der Waals surface area (Å²) in [6, 6.07) is 16.5. The number of carbonyl (C=O) groups excluding carboxylic acids is 3. The number of imide groups is 1. The Morgan fingerprint density at radius 1 is 1.12 bits per heavy atom. The quantitative estimate of drug-likeness (QED) is 0.535. The zero-order valence-electron chi connectivity index (χ0n) is 17.9. The summed E-state index contributed by atoms with van der Waals surface area (Å²) < 4.78 is 0. The van der Waals surface area contributed by atoms with Gasteiger partial charge in [-0.15, -0.1) is 11.3 Å². The number of nitrogens with one attached hydrogen (secondary N) is 2. The van der Waals surface area contributed by atoms with E-state index in [0.717, 1.165) is 26.7 Å². The molecule has 4 rings (SSSR count). The van der Waals surface area contributed by atoms with E-state index in [9.17, 15) is 14.4 Å². The molecule has 1 aliphatic rings. The number of anilines is 1. The van der Waals surface area contributed by atoms with E-state index < -0.39 is 17.5 Å². The lowest BCUT2D eigenvalue weighted by Gasteiger charge is -2.21. The number of hydrogen-bond acceptors (Lipinski definition) is 5. The van der Waals surface area contributed by atoms with Gasteiger partial charge in [0.25, 0.3) is 5.91 Å². The van der Waals surface area contributed by atoms with Crippen LogP contribution in [0.3, 0.4) is 0 Å². The molecule has 164 valence electrons. The van der Waals surface area contributed by atoms with Gasteiger partial charge in [-0.1, -0.05) is 42.5 Å². The molecule has 8 heteroatoms. The van der Waals surface area contributed by atoms with Crippen LogP contribution in [0.2, 0.25) is 0 Å². The molecular formula is C24H24N4O3S. The predicted octanol–water partition coefficient (Wildman–Crippen LogP) is 4.00. The minimum atomic E-state index is -1.03. The van der Waals surface area contributed by atoms with E-state index in [2.05, 4.69) is 15.6 Å². The highest BCUT2D eigenvalue weighted by molar-refractivity contribution is 7.09. The van der Waals surface area contributed by atoms with Crippen LogP contribution in [0, 0.1) is 6.92 Å². The number of aromatic nitrogens is 1. The third kappa shape index (κ3) is 4.70. The van der Waals surface area contributed by atoms with Gasteiger partial charge in [-0.2, -0.15) is 0 Å². The zero-order valence-corrected chi connectivity index (χ0v) is 18.7. The second-order valence-electron chi connectivity index (χ2n) is 8.02. The summed E-state index contributed by atoms with van der Waals surface area (Å²) in [4.78, 5) is 43.3. The van der Waals surface area contributed by atoms with Crippen LogP contribution in [0.4, 0.5) is 10.5 Å². The van der Waals surface area contributed by atoms with Crippen LogP contribution in [0.15, 0.2) is 60.0 Å². The molecule has 0 unspecified atom stereocenters. The Bertz CT molecular complexity index is 1140. The van der Waals surface area contributed by atoms with Crippen molar-refractivity contribution in [3.8, 4) is 11.3 Å². The van der Waals surface area contributed by atoms with E-state index in [1.807, 2.05) is 54.8 Å². The van der Waals surface area contributed by atoms with Crippen molar-refractivity contribution in [1.29, 1.82) is 0 Å². The summed E-state index contributed by atoms with van der Waals surface area (Å²) in [5.74, 6) is -0.819. The first-order valence-corrected chi connectivity index (χ1v) is 11.2. The van der Waals surface area contributed by atoms with Crippen molar-refractivity contribution >= 4 is 34.9 Å². The van der Waals surface area contributed by atoms with Gasteiger partial charge in [-0.3, -0.25) is 14.5 Å². The average molecular weight is 449 g/mol. The Balaban J connectivity index is 1.35. The fourth-order valence-electron chi connectivity index (χ4n) is 3.66. The second kappa shape index (κ2) is 8.92. The van der Waals surface area contributed by atoms with Crippen LogP contribution in [-0.4, -0.2) is 39.8 Å². The van der Waals surface area contributed by atoms with Gasteiger partial charge in [-0.05, 0) is 44.4 Å². The molecule has 0 bridgehead atoms. The van der Waals surface area contributed by atoms with Gasteiger partial charge >= 0.3 is 6.03 Å². The molecule has 2 N–H and O–H groups in total. The standard InChI is InChI=1S/C24H24N4O3S/c1-16-25-20(15-32-16)18-8-10-19(11-9-18)26-21(29)14-28-22(30)24(2,27-23(28)31)13-12-17-6-4-3-5-7-17/h3-11,15H,12-14H2,1-2H3,(H,26,29)(H,27,31)/t24-/m1/s1. The monoisotopic (exact) mass is 448 g/mol. The summed E-state index contributed by atoms with van der Waals surface area (Å²) in [6.45, 7) is 3.32. The first-order valence-electron chi connectivity index (χ1n) is 10.3. The average Bonchev–Trinajstić information content (AvgIpc) is 3.30. The number of aryl methyl sites for hydroxylation is 2. The number of amides is 4. The number of thiazole rings is 1. The number of carbonyl (C=O) groups is 3. The van der Waals surface area contributed by atoms with Gasteiger partial charge < -0.3 is 10.6 Å². The predicted molar refractivity (Wildman–Crippen MR) is 124 cm³/mol. The summed E-state index contributed by atoms with van der Waals surface area (Å²) in [6.07, 6.45) is 1.10. The Hall–Kier alpha value is -3.52. The fraction of sp³-hybridized carbons (Fsp3) is 0.250. The van der Waals surface area contributed by atoms with Crippen LogP contribution in [0.5, 0.6) is 0 Å². The zero-order chi connectivity index (χ0) is 22.7. The van der Waals surface area contributed by atoms with Crippen molar-refractivity contribution in [3.63, 3.8) is 0 Å². The van der Waals surface area contributed by atoms with Crippen molar-refractivity contribution in [2.45, 2.75) is 32.2 Å². The third-order valence-electron chi connectivity index (χ3n) is 5.49. The topological polar surface area (TPSA) is 91.4 Å². The van der Waals surface area contributed by atoms with Crippen molar-refractivity contribution in [1.82, 2.24) is 15.2 Å². The number of urea groups is 1. The molecule has 1 atom stereocenters. The third-order valence-corrected chi connectivity index (χ3v) is 6.26. The Kier molecular flexibility index (Phi) is 6.05. The van der Waals surface area contributed by atoms with Crippen LogP contribution in [0.25, 0.3) is 11.3 Å². The summed E-state index contributed by atoms with van der Waals surface area (Å²) in [7, 11) is 0. The molecule has 0 aliphatic carbocycles. The van der Waals surface area contributed by atoms with Gasteiger partial charge in [0.15, 0.2) is 0 Å². The van der Waals surface area contributed by atoms with Crippen molar-refractivity contribution < 1.29 is 14.4 Å². The van der Waals surface area contributed by atoms with Crippen LogP contribution >= 0.6 is 11.3 Å². The van der Waals surface area contributed by atoms with Gasteiger partial charge in [-0.25, -0.2) is 9.78 Å². The minimum Gasteiger partial charge on any atom is -0.325 e. The number of benzene rings is 2. The van der Waals surface area contributed by atoms with Gasteiger partial charge in [0, 0.05) is 16.6 Å². The van der Waals surface area contributed by atoms with E-state index in [-0.39, 0.29) is 12.5 Å². The smallest absolute Gasteiger partial charge is 0.325 e. The molecule has 1 fully saturated rings. The Labute approximate surface area is 190 Å². The summed E-state index contributed by atoms with van der Waals surface area (Å²) in [5.41, 5.74) is 2.49. The maximum atomic E-state index is 12.9. The molecule has 0 radical (unpaired) electrons. The lowest BCUT2D eigenvalue weighted by Crippen LogP contribution is -2.45. The van der Waals surface area contributed by atoms with Crippen LogP contribution < -0.4 is 10.6 Å². The molecule has 7 nitrogen and oxygen atoms in total. The molecule has 3 aromatic rings. The first kappa shape index (κ1) is 21.7. The van der Waals surface area contributed by atoms with E-state index in [0.29, 0.717) is 18.5 Å². The molecule has 32 heavy (non-hydrogen) atoms. The van der Waals surface area contributed by atoms with Crippen molar-refractivity contribution in [2.75, 3.05) is 11.9 Å². The maximum absolute atomic E-state index is 12.9. The molecule has 4 amide bonds. The molecule has 1 aliphatic heterocycles. The van der Waals surface area contributed by atoms with Gasteiger partial charge in [0.1, 0.15) is 12.1 Å². The largest absolute Gasteiger partial charge is 0.325 e. The molecule has 1 aromatic heterocycles. The molecule has 2 heterocycles. The SMILES string of the molecule is Cc1nc(-c2ccc(NC(=O)CN3C(=O)N[C@](C)(CCc4ccccc4)C3=O)cc2)cs1. The Morgan fingerprint density at radius 2 is 1.84 bits per heavy atom. The van der Waals surface area contributed by atoms with Crippen molar-refractivity contribution in [2.24, 2.45) is 0 Å². The molecule has 2 aromatic carbocycles. The van der Waals surface area contributed by atoms with E-state index >= 15 is 0 Å². The lowest BCUT2D eigenvalue weighted by molar-refractivity contribution is -0.133. The Morgan fingerprint density at radius 3 is 2.50 bits per heavy atom. The van der Waals surface area contributed by atoms with Crippen LogP contribution in [-0.2, 0) is 16.0 Å². The first-order chi connectivity index (χ1) is 15.3. The molecule has 1 saturated heterocycles. The summed E-state index contributed by atoms with van der Waals surface area (Å²) in [5, 5.41) is 8.47. The summed E-state index contributed by atoms with van der Waals surface area (Å²) >= 11 is 1.58. The molecule has 0 saturated carbocycles. The highest BCUT2D eigenvalue weighted by Crippen LogP contribution is 2.25. The lowest BCUT2D eigenvalue weighted by atomic mass is 9.93. The van der Waals surface area contributed by atoms with E-state index in [1.165, 1.54) is 0 Å². The van der Waals surface area contributed by atoms with E-state index in [4.69, 9.17) is 0 Å². The highest BCUT2D eigenvalue weighted by Gasteiger charge is 2.47. The van der Waals surface area contributed by atoms with Gasteiger partial charge in [0.2, 0.25) is 5.91 Å². The molecule has 0 spiro atoms. The van der Waals surface area contributed by atoms with Crippen LogP contribution in [0.1, 0.15) is 23.9 Å². The normalized spacial score (nSPS) is 18.0. The minimum absolute atomic E-state index is 0.335. The fourth-order valence-corrected chi connectivity index (χ4v) is 4.29. The second-order valence-corrected chi connectivity index (χ2v) is 9.08.